The van der Waals surface area contributed by atoms with E-state index in [2.05, 4.69) is 42.2 Å². The molecule has 0 aliphatic carbocycles. The van der Waals surface area contributed by atoms with Crippen LogP contribution in [-0.4, -0.2) is 14.9 Å². The predicted octanol–water partition coefficient (Wildman–Crippen LogP) is 1.86. The zero-order valence-corrected chi connectivity index (χ0v) is 10.1. The summed E-state index contributed by atoms with van der Waals surface area (Å²) in [6, 6.07) is 6.35. The second-order valence-electron chi connectivity index (χ2n) is 3.92. The fourth-order valence-corrected chi connectivity index (χ4v) is 1.77. The molecule has 84 valence electrons. The van der Waals surface area contributed by atoms with Crippen LogP contribution in [0.1, 0.15) is 22.5 Å². The lowest BCUT2D eigenvalue weighted by atomic mass is 10.0. The van der Waals surface area contributed by atoms with E-state index in [1.807, 2.05) is 0 Å². The number of nitrogen functional groups attached to an aromatic ring is 1. The van der Waals surface area contributed by atoms with Crippen molar-refractivity contribution in [2.75, 3.05) is 5.84 Å². The highest BCUT2D eigenvalue weighted by Gasteiger charge is 2.06. The Labute approximate surface area is 99.1 Å². The van der Waals surface area contributed by atoms with Crippen molar-refractivity contribution in [2.45, 2.75) is 20.3 Å². The van der Waals surface area contributed by atoms with Gasteiger partial charge in [0, 0.05) is 6.42 Å². The summed E-state index contributed by atoms with van der Waals surface area (Å²) >= 11 is 4.97. The summed E-state index contributed by atoms with van der Waals surface area (Å²) in [5.74, 6) is 6.51. The summed E-state index contributed by atoms with van der Waals surface area (Å²) in [5.41, 5.74) is 3.69. The van der Waals surface area contributed by atoms with Gasteiger partial charge in [-0.3, -0.25) is 5.10 Å². The molecule has 0 aliphatic rings. The molecule has 2 rings (SSSR count). The average molecular weight is 234 g/mol. The number of benzene rings is 1. The monoisotopic (exact) mass is 234 g/mol. The van der Waals surface area contributed by atoms with Crippen molar-refractivity contribution < 1.29 is 0 Å². The zero-order valence-electron chi connectivity index (χ0n) is 9.32. The van der Waals surface area contributed by atoms with E-state index >= 15 is 0 Å². The number of aromatic amines is 1. The molecule has 0 radical (unpaired) electrons. The first-order chi connectivity index (χ1) is 7.58. The number of hydrogen-bond acceptors (Lipinski definition) is 3. The van der Waals surface area contributed by atoms with Gasteiger partial charge in [-0.05, 0) is 37.2 Å². The Kier molecular flexibility index (Phi) is 2.78. The Morgan fingerprint density at radius 3 is 2.81 bits per heavy atom. The van der Waals surface area contributed by atoms with Crippen molar-refractivity contribution in [1.82, 2.24) is 14.9 Å². The molecule has 0 amide bonds. The molecule has 0 spiro atoms. The number of nitrogens with zero attached hydrogens (tertiary/aromatic N) is 2. The number of nitrogens with two attached hydrogens (primary N) is 1. The molecule has 5 heteroatoms. The van der Waals surface area contributed by atoms with Crippen LogP contribution in [0.5, 0.6) is 0 Å². The van der Waals surface area contributed by atoms with Crippen molar-refractivity contribution in [2.24, 2.45) is 0 Å². The van der Waals surface area contributed by atoms with Crippen LogP contribution >= 0.6 is 12.2 Å². The molecule has 0 saturated heterocycles. The Balaban J connectivity index is 2.37. The van der Waals surface area contributed by atoms with Crippen LogP contribution in [0.4, 0.5) is 0 Å². The van der Waals surface area contributed by atoms with Crippen LogP contribution in [0, 0.1) is 18.6 Å². The molecular weight excluding hydrogens is 220 g/mol. The normalized spacial score (nSPS) is 10.6. The fraction of sp³-hybridized carbons (Fsp3) is 0.273. The molecule has 0 aliphatic heterocycles. The van der Waals surface area contributed by atoms with Crippen molar-refractivity contribution in [3.63, 3.8) is 0 Å². The molecule has 0 unspecified atom stereocenters. The highest BCUT2D eigenvalue weighted by molar-refractivity contribution is 7.71. The average Bonchev–Trinajstić information content (AvgIpc) is 2.55. The summed E-state index contributed by atoms with van der Waals surface area (Å²) in [5, 5.41) is 6.78. The number of rotatable bonds is 2. The molecule has 3 N–H and O–H groups in total. The summed E-state index contributed by atoms with van der Waals surface area (Å²) in [6.45, 7) is 4.15. The van der Waals surface area contributed by atoms with Gasteiger partial charge in [-0.1, -0.05) is 23.8 Å². The summed E-state index contributed by atoms with van der Waals surface area (Å²) in [7, 11) is 0. The van der Waals surface area contributed by atoms with E-state index in [9.17, 15) is 0 Å². The van der Waals surface area contributed by atoms with Crippen LogP contribution in [-0.2, 0) is 6.42 Å². The second-order valence-corrected chi connectivity index (χ2v) is 4.31. The molecule has 0 atom stereocenters. The van der Waals surface area contributed by atoms with Gasteiger partial charge in [-0.15, -0.1) is 0 Å². The minimum atomic E-state index is 0.445. The lowest BCUT2D eigenvalue weighted by Gasteiger charge is -2.06. The topological polar surface area (TPSA) is 59.6 Å². The summed E-state index contributed by atoms with van der Waals surface area (Å²) in [6.07, 6.45) is 0.692. The molecule has 0 saturated carbocycles. The van der Waals surface area contributed by atoms with Crippen LogP contribution in [0.15, 0.2) is 18.2 Å². The summed E-state index contributed by atoms with van der Waals surface area (Å²) in [4.78, 5) is 0. The maximum atomic E-state index is 5.76. The third kappa shape index (κ3) is 1.99. The van der Waals surface area contributed by atoms with Gasteiger partial charge in [0.25, 0.3) is 0 Å². The van der Waals surface area contributed by atoms with Crippen LogP contribution in [0.2, 0.25) is 0 Å². The van der Waals surface area contributed by atoms with Crippen LogP contribution < -0.4 is 5.84 Å². The van der Waals surface area contributed by atoms with E-state index in [1.54, 1.807) is 0 Å². The van der Waals surface area contributed by atoms with E-state index in [4.69, 9.17) is 18.1 Å². The highest BCUT2D eigenvalue weighted by atomic mass is 32.1. The lowest BCUT2D eigenvalue weighted by molar-refractivity contribution is 0.864. The first kappa shape index (κ1) is 10.9. The molecule has 2 aromatic rings. The van der Waals surface area contributed by atoms with Crippen molar-refractivity contribution in [3.05, 3.63) is 45.5 Å². The minimum Gasteiger partial charge on any atom is -0.335 e. The van der Waals surface area contributed by atoms with Gasteiger partial charge in [0.05, 0.1) is 0 Å². The van der Waals surface area contributed by atoms with Crippen molar-refractivity contribution in [1.29, 1.82) is 0 Å². The zero-order chi connectivity index (χ0) is 11.7. The SMILES string of the molecule is Cc1ccc(C)c(Cc2n[nH]c(=S)n2N)c1. The molecule has 1 heterocycles. The maximum Gasteiger partial charge on any atom is 0.214 e. The molecule has 1 aromatic carbocycles. The highest BCUT2D eigenvalue weighted by Crippen LogP contribution is 2.13. The third-order valence-corrected chi connectivity index (χ3v) is 2.92. The fourth-order valence-electron chi connectivity index (χ4n) is 1.62. The van der Waals surface area contributed by atoms with E-state index in [0.29, 0.717) is 11.2 Å². The number of hydrogen-bond donors (Lipinski definition) is 2. The quantitative estimate of drug-likeness (QED) is 0.616. The third-order valence-electron chi connectivity index (χ3n) is 2.63. The van der Waals surface area contributed by atoms with Gasteiger partial charge < -0.3 is 5.84 Å². The Morgan fingerprint density at radius 2 is 2.19 bits per heavy atom. The number of aromatic nitrogens is 3. The van der Waals surface area contributed by atoms with Gasteiger partial charge in [-0.25, -0.2) is 4.68 Å². The second kappa shape index (κ2) is 4.09. The van der Waals surface area contributed by atoms with E-state index in [-0.39, 0.29) is 0 Å². The van der Waals surface area contributed by atoms with Crippen LogP contribution in [0.25, 0.3) is 0 Å². The Morgan fingerprint density at radius 1 is 1.44 bits per heavy atom. The van der Waals surface area contributed by atoms with Crippen molar-refractivity contribution in [3.8, 4) is 0 Å². The molecule has 0 bridgehead atoms. The molecule has 4 nitrogen and oxygen atoms in total. The lowest BCUT2D eigenvalue weighted by Crippen LogP contribution is -2.13. The maximum absolute atomic E-state index is 5.76. The first-order valence-corrected chi connectivity index (χ1v) is 5.46. The van der Waals surface area contributed by atoms with E-state index < -0.39 is 0 Å². The standard InChI is InChI=1S/C11H14N4S/c1-7-3-4-8(2)9(5-7)6-10-13-14-11(16)15(10)12/h3-5H,6,12H2,1-2H3,(H,14,16). The first-order valence-electron chi connectivity index (χ1n) is 5.05. The molecule has 16 heavy (non-hydrogen) atoms. The summed E-state index contributed by atoms with van der Waals surface area (Å²) < 4.78 is 1.86. The minimum absolute atomic E-state index is 0.445. The van der Waals surface area contributed by atoms with Gasteiger partial charge in [-0.2, -0.15) is 5.10 Å². The predicted molar refractivity (Wildman–Crippen MR) is 66.3 cm³/mol. The van der Waals surface area contributed by atoms with Gasteiger partial charge >= 0.3 is 0 Å². The smallest absolute Gasteiger partial charge is 0.214 e. The van der Waals surface area contributed by atoms with E-state index in [1.165, 1.54) is 21.4 Å². The molecule has 1 aromatic heterocycles. The van der Waals surface area contributed by atoms with Gasteiger partial charge in [0.2, 0.25) is 4.77 Å². The number of H-pyrrole nitrogens is 1. The Hall–Kier alpha value is -1.62. The molecular formula is C11H14N4S. The van der Waals surface area contributed by atoms with Gasteiger partial charge in [0.15, 0.2) is 5.82 Å². The van der Waals surface area contributed by atoms with Crippen molar-refractivity contribution >= 4 is 12.2 Å². The molecule has 0 fully saturated rings. The number of aryl methyl sites for hydroxylation is 2. The van der Waals surface area contributed by atoms with Gasteiger partial charge in [0.1, 0.15) is 0 Å². The Bertz CT molecular complexity index is 568. The van der Waals surface area contributed by atoms with Crippen LogP contribution in [0.3, 0.4) is 0 Å². The largest absolute Gasteiger partial charge is 0.335 e. The number of nitrogens with one attached hydrogen (secondary N) is 1. The van der Waals surface area contributed by atoms with E-state index in [0.717, 1.165) is 5.82 Å².